The van der Waals surface area contributed by atoms with E-state index >= 15 is 0 Å². The molecule has 1 N–H and O–H groups in total. The number of nitrogens with one attached hydrogen (secondary N) is 1. The number of para-hydroxylation sites is 2. The molecule has 2 atom stereocenters. The standard InChI is InChI=1S/C21H25N2O4P/c24-21(19-13-7-15-22-19)23-16-8-14-20(23)28(25,26-17-9-3-1-4-10-17)27-18-11-5-2-6-12-18/h1-6,9-12,19-20,22H,7-8,13-16H2/t19-,20?/m0/s1. The summed E-state index contributed by atoms with van der Waals surface area (Å²) in [5, 5.41) is 3.24. The molecule has 2 aliphatic rings. The topological polar surface area (TPSA) is 67.9 Å². The van der Waals surface area contributed by atoms with E-state index in [0.29, 0.717) is 24.5 Å². The van der Waals surface area contributed by atoms with Crippen LogP contribution in [0.3, 0.4) is 0 Å². The molecular formula is C21H25N2O4P. The lowest BCUT2D eigenvalue weighted by molar-refractivity contribution is -0.132. The summed E-state index contributed by atoms with van der Waals surface area (Å²) in [5.41, 5.74) is 0. The molecule has 2 saturated heterocycles. The van der Waals surface area contributed by atoms with Crippen molar-refractivity contribution >= 4 is 13.5 Å². The highest BCUT2D eigenvalue weighted by Crippen LogP contribution is 2.57. The molecule has 2 aliphatic heterocycles. The Bertz CT molecular complexity index is 794. The van der Waals surface area contributed by atoms with Gasteiger partial charge in [0.2, 0.25) is 5.91 Å². The van der Waals surface area contributed by atoms with Gasteiger partial charge < -0.3 is 19.3 Å². The molecule has 0 spiro atoms. The molecule has 1 unspecified atom stereocenters. The van der Waals surface area contributed by atoms with Gasteiger partial charge in [-0.1, -0.05) is 36.4 Å². The van der Waals surface area contributed by atoms with Crippen LogP contribution in [0.5, 0.6) is 11.5 Å². The molecule has 4 rings (SSSR count). The molecule has 28 heavy (non-hydrogen) atoms. The fourth-order valence-electron chi connectivity index (χ4n) is 3.83. The van der Waals surface area contributed by atoms with Gasteiger partial charge in [0.1, 0.15) is 11.5 Å². The van der Waals surface area contributed by atoms with Gasteiger partial charge in [-0.2, -0.15) is 0 Å². The number of carbonyl (C=O) groups excluding carboxylic acids is 1. The lowest BCUT2D eigenvalue weighted by Gasteiger charge is -2.32. The monoisotopic (exact) mass is 400 g/mol. The van der Waals surface area contributed by atoms with Crippen molar-refractivity contribution in [3.63, 3.8) is 0 Å². The molecule has 0 bridgehead atoms. The van der Waals surface area contributed by atoms with E-state index in [9.17, 15) is 9.36 Å². The molecule has 6 nitrogen and oxygen atoms in total. The Balaban J connectivity index is 1.63. The highest BCUT2D eigenvalue weighted by Gasteiger charge is 2.48. The fourth-order valence-corrected chi connectivity index (χ4v) is 6.01. The van der Waals surface area contributed by atoms with Gasteiger partial charge in [-0.25, -0.2) is 4.57 Å². The van der Waals surface area contributed by atoms with E-state index < -0.39 is 13.4 Å². The smallest absolute Gasteiger partial charge is 0.415 e. The Morgan fingerprint density at radius 1 is 0.929 bits per heavy atom. The maximum Gasteiger partial charge on any atom is 0.453 e. The van der Waals surface area contributed by atoms with Gasteiger partial charge in [-0.3, -0.25) is 4.79 Å². The normalized spacial score (nSPS) is 22.2. The molecule has 7 heteroatoms. The number of hydrogen-bond donors (Lipinski definition) is 1. The molecule has 0 saturated carbocycles. The lowest BCUT2D eigenvalue weighted by atomic mass is 10.2. The molecule has 148 valence electrons. The summed E-state index contributed by atoms with van der Waals surface area (Å²) in [4.78, 5) is 14.7. The van der Waals surface area contributed by atoms with Gasteiger partial charge in [0.15, 0.2) is 5.78 Å². The zero-order valence-electron chi connectivity index (χ0n) is 15.7. The van der Waals surface area contributed by atoms with Crippen LogP contribution >= 0.6 is 7.60 Å². The number of carbonyl (C=O) groups is 1. The largest absolute Gasteiger partial charge is 0.453 e. The zero-order chi connectivity index (χ0) is 19.4. The van der Waals surface area contributed by atoms with Gasteiger partial charge >= 0.3 is 7.60 Å². The number of hydrogen-bond acceptors (Lipinski definition) is 5. The summed E-state index contributed by atoms with van der Waals surface area (Å²) in [5.74, 6) is 0.344. The van der Waals surface area contributed by atoms with E-state index in [2.05, 4.69) is 5.32 Å². The van der Waals surface area contributed by atoms with Crippen molar-refractivity contribution in [2.75, 3.05) is 13.1 Å². The van der Waals surface area contributed by atoms with Crippen LogP contribution in [-0.4, -0.2) is 35.7 Å². The molecule has 0 radical (unpaired) electrons. The molecule has 2 heterocycles. The van der Waals surface area contributed by atoms with E-state index in [1.807, 2.05) is 36.4 Å². The second-order valence-electron chi connectivity index (χ2n) is 7.15. The summed E-state index contributed by atoms with van der Waals surface area (Å²) < 4.78 is 25.9. The van der Waals surface area contributed by atoms with Gasteiger partial charge in [0.25, 0.3) is 0 Å². The number of likely N-dealkylation sites (tertiary alicyclic amines) is 1. The van der Waals surface area contributed by atoms with E-state index in [-0.39, 0.29) is 11.9 Å². The summed E-state index contributed by atoms with van der Waals surface area (Å²) in [6.45, 7) is 1.41. The number of benzene rings is 2. The second-order valence-corrected chi connectivity index (χ2v) is 9.19. The highest BCUT2D eigenvalue weighted by atomic mass is 31.2. The Hall–Kier alpha value is -2.30. The Kier molecular flexibility index (Phi) is 5.69. The molecule has 0 aromatic heterocycles. The second kappa shape index (κ2) is 8.38. The Morgan fingerprint density at radius 2 is 1.54 bits per heavy atom. The van der Waals surface area contributed by atoms with Crippen molar-refractivity contribution in [1.29, 1.82) is 0 Å². The van der Waals surface area contributed by atoms with Crippen LogP contribution < -0.4 is 14.4 Å². The number of amides is 1. The van der Waals surface area contributed by atoms with Crippen LogP contribution in [0, 0.1) is 0 Å². The molecule has 1 amide bonds. The molecule has 2 fully saturated rings. The quantitative estimate of drug-likeness (QED) is 0.742. The average molecular weight is 400 g/mol. The third-order valence-electron chi connectivity index (χ3n) is 5.18. The third kappa shape index (κ3) is 4.08. The van der Waals surface area contributed by atoms with Crippen LogP contribution in [0.1, 0.15) is 25.7 Å². The predicted molar refractivity (Wildman–Crippen MR) is 108 cm³/mol. The minimum atomic E-state index is -3.68. The summed E-state index contributed by atoms with van der Waals surface area (Å²) in [6, 6.07) is 17.8. The van der Waals surface area contributed by atoms with Crippen molar-refractivity contribution < 1.29 is 18.4 Å². The van der Waals surface area contributed by atoms with Crippen molar-refractivity contribution in [3.8, 4) is 11.5 Å². The molecule has 2 aromatic carbocycles. The van der Waals surface area contributed by atoms with E-state index in [1.165, 1.54) is 0 Å². The van der Waals surface area contributed by atoms with Gasteiger partial charge in [0.05, 0.1) is 6.04 Å². The maximum absolute atomic E-state index is 14.0. The summed E-state index contributed by atoms with van der Waals surface area (Å²) in [6.07, 6.45) is 3.16. The van der Waals surface area contributed by atoms with Crippen LogP contribution in [-0.2, 0) is 9.36 Å². The number of rotatable bonds is 6. The van der Waals surface area contributed by atoms with Gasteiger partial charge in [-0.05, 0) is 56.5 Å². The molecule has 2 aromatic rings. The van der Waals surface area contributed by atoms with Gasteiger partial charge in [0, 0.05) is 6.54 Å². The average Bonchev–Trinajstić information content (AvgIpc) is 3.41. The van der Waals surface area contributed by atoms with E-state index in [0.717, 1.165) is 25.8 Å². The predicted octanol–water partition coefficient (Wildman–Crippen LogP) is 4.04. The van der Waals surface area contributed by atoms with Gasteiger partial charge in [-0.15, -0.1) is 0 Å². The first kappa shape index (κ1) is 19.0. The molecular weight excluding hydrogens is 375 g/mol. The van der Waals surface area contributed by atoms with Crippen LogP contribution in [0.25, 0.3) is 0 Å². The molecule has 0 aliphatic carbocycles. The summed E-state index contributed by atoms with van der Waals surface area (Å²) in [7, 11) is -3.68. The fraction of sp³-hybridized carbons (Fsp3) is 0.381. The van der Waals surface area contributed by atoms with E-state index in [1.54, 1.807) is 29.2 Å². The third-order valence-corrected chi connectivity index (χ3v) is 7.38. The van der Waals surface area contributed by atoms with Crippen molar-refractivity contribution in [1.82, 2.24) is 10.2 Å². The van der Waals surface area contributed by atoms with E-state index in [4.69, 9.17) is 9.05 Å². The Morgan fingerprint density at radius 3 is 2.07 bits per heavy atom. The number of nitrogens with zero attached hydrogens (tertiary/aromatic N) is 1. The highest BCUT2D eigenvalue weighted by molar-refractivity contribution is 7.55. The first-order valence-corrected chi connectivity index (χ1v) is 11.4. The maximum atomic E-state index is 14.0. The lowest BCUT2D eigenvalue weighted by Crippen LogP contribution is -2.46. The van der Waals surface area contributed by atoms with Crippen LogP contribution in [0.2, 0.25) is 0 Å². The van der Waals surface area contributed by atoms with Crippen LogP contribution in [0.4, 0.5) is 0 Å². The van der Waals surface area contributed by atoms with Crippen LogP contribution in [0.15, 0.2) is 60.7 Å². The zero-order valence-corrected chi connectivity index (χ0v) is 16.6. The minimum Gasteiger partial charge on any atom is -0.415 e. The first-order valence-electron chi connectivity index (χ1n) is 9.79. The van der Waals surface area contributed by atoms with Crippen molar-refractivity contribution in [2.45, 2.75) is 37.5 Å². The van der Waals surface area contributed by atoms with Crippen molar-refractivity contribution in [3.05, 3.63) is 60.7 Å². The van der Waals surface area contributed by atoms with Crippen molar-refractivity contribution in [2.24, 2.45) is 0 Å². The SMILES string of the molecule is O=C([C@@H]1CCCN1)N1CCCC1P(=O)(Oc1ccccc1)Oc1ccccc1. The summed E-state index contributed by atoms with van der Waals surface area (Å²) >= 11 is 0. The first-order chi connectivity index (χ1) is 13.7. The Labute approximate surface area is 165 Å². The minimum absolute atomic E-state index is 0.00597.